The van der Waals surface area contributed by atoms with Crippen molar-refractivity contribution in [3.8, 4) is 0 Å². The fourth-order valence-corrected chi connectivity index (χ4v) is 2.53. The molecule has 0 radical (unpaired) electrons. The zero-order chi connectivity index (χ0) is 13.3. The van der Waals surface area contributed by atoms with Gasteiger partial charge in [-0.2, -0.15) is 5.10 Å². The van der Waals surface area contributed by atoms with Crippen molar-refractivity contribution in [2.75, 3.05) is 20.1 Å². The van der Waals surface area contributed by atoms with Gasteiger partial charge in [0.1, 0.15) is 5.69 Å². The van der Waals surface area contributed by atoms with Crippen molar-refractivity contribution in [3.63, 3.8) is 0 Å². The Morgan fingerprint density at radius 2 is 2.00 bits per heavy atom. The lowest BCUT2D eigenvalue weighted by Crippen LogP contribution is -2.43. The van der Waals surface area contributed by atoms with Gasteiger partial charge in [0, 0.05) is 13.1 Å². The second-order valence-electron chi connectivity index (χ2n) is 4.92. The first-order chi connectivity index (χ1) is 8.49. The van der Waals surface area contributed by atoms with Gasteiger partial charge in [-0.3, -0.25) is 9.48 Å². The highest BCUT2D eigenvalue weighted by atomic mass is 35.5. The molecule has 18 heavy (non-hydrogen) atoms. The van der Waals surface area contributed by atoms with E-state index in [-0.39, 0.29) is 11.9 Å². The number of likely N-dealkylation sites (tertiary alicyclic amines) is 1. The first-order valence-corrected chi connectivity index (χ1v) is 6.55. The lowest BCUT2D eigenvalue weighted by Gasteiger charge is -2.29. The number of amides is 1. The van der Waals surface area contributed by atoms with Crippen molar-refractivity contribution in [1.29, 1.82) is 0 Å². The van der Waals surface area contributed by atoms with E-state index in [1.165, 1.54) is 0 Å². The summed E-state index contributed by atoms with van der Waals surface area (Å²) in [6.45, 7) is 3.83. The Kier molecular flexibility index (Phi) is 3.92. The smallest absolute Gasteiger partial charge is 0.271 e. The fraction of sp³-hybridized carbons (Fsp3) is 0.667. The number of halogens is 1. The van der Waals surface area contributed by atoms with E-state index >= 15 is 0 Å². The number of rotatable bonds is 2. The summed E-state index contributed by atoms with van der Waals surface area (Å²) < 4.78 is 1.54. The second kappa shape index (κ2) is 5.28. The van der Waals surface area contributed by atoms with Crippen LogP contribution in [-0.2, 0) is 7.05 Å². The third-order valence-corrected chi connectivity index (χ3v) is 3.87. The van der Waals surface area contributed by atoms with E-state index < -0.39 is 0 Å². The Bertz CT molecular complexity index is 449. The van der Waals surface area contributed by atoms with Crippen molar-refractivity contribution in [3.05, 3.63) is 16.4 Å². The summed E-state index contributed by atoms with van der Waals surface area (Å²) in [5, 5.41) is 7.64. The Balaban J connectivity index is 2.04. The molecule has 1 saturated heterocycles. The molecule has 1 aliphatic heterocycles. The van der Waals surface area contributed by atoms with Gasteiger partial charge in [-0.1, -0.05) is 11.6 Å². The molecule has 0 bridgehead atoms. The van der Waals surface area contributed by atoms with E-state index in [1.54, 1.807) is 18.7 Å². The Morgan fingerprint density at radius 1 is 1.39 bits per heavy atom. The number of aryl methyl sites for hydroxylation is 2. The zero-order valence-electron chi connectivity index (χ0n) is 11.0. The maximum Gasteiger partial charge on any atom is 0.271 e. The number of nitrogens with zero attached hydrogens (tertiary/aromatic N) is 3. The molecule has 0 atom stereocenters. The third kappa shape index (κ3) is 2.67. The molecule has 0 aliphatic carbocycles. The number of hydrogen-bond donors (Lipinski definition) is 1. The molecule has 6 heteroatoms. The molecule has 1 aromatic rings. The van der Waals surface area contributed by atoms with Gasteiger partial charge in [-0.15, -0.1) is 0 Å². The van der Waals surface area contributed by atoms with Gasteiger partial charge in [0.25, 0.3) is 5.91 Å². The van der Waals surface area contributed by atoms with Crippen molar-refractivity contribution in [2.45, 2.75) is 25.8 Å². The van der Waals surface area contributed by atoms with E-state index in [0.29, 0.717) is 16.4 Å². The largest absolute Gasteiger partial charge is 0.348 e. The number of aromatic nitrogens is 2. The monoisotopic (exact) mass is 270 g/mol. The van der Waals surface area contributed by atoms with Gasteiger partial charge in [-0.25, -0.2) is 0 Å². The Morgan fingerprint density at radius 3 is 2.50 bits per heavy atom. The van der Waals surface area contributed by atoms with Crippen molar-refractivity contribution in [1.82, 2.24) is 20.0 Å². The molecule has 5 nitrogen and oxygen atoms in total. The number of hydrogen-bond acceptors (Lipinski definition) is 3. The third-order valence-electron chi connectivity index (χ3n) is 3.42. The van der Waals surface area contributed by atoms with Crippen LogP contribution in [0.4, 0.5) is 0 Å². The van der Waals surface area contributed by atoms with Gasteiger partial charge in [0.2, 0.25) is 0 Å². The lowest BCUT2D eigenvalue weighted by molar-refractivity contribution is 0.0907. The summed E-state index contributed by atoms with van der Waals surface area (Å²) >= 11 is 6.10. The summed E-state index contributed by atoms with van der Waals surface area (Å²) in [6.07, 6.45) is 1.97. The molecule has 0 spiro atoms. The summed E-state index contributed by atoms with van der Waals surface area (Å²) in [6, 6.07) is 0.236. The van der Waals surface area contributed by atoms with E-state index in [4.69, 9.17) is 11.6 Å². The molecule has 1 aliphatic rings. The minimum atomic E-state index is -0.127. The minimum Gasteiger partial charge on any atom is -0.348 e. The molecule has 0 saturated carbocycles. The van der Waals surface area contributed by atoms with E-state index in [9.17, 15) is 4.79 Å². The fourth-order valence-electron chi connectivity index (χ4n) is 2.29. The molecule has 1 N–H and O–H groups in total. The molecule has 0 unspecified atom stereocenters. The number of carbonyl (C=O) groups excluding carboxylic acids is 1. The first-order valence-electron chi connectivity index (χ1n) is 6.17. The van der Waals surface area contributed by atoms with Crippen LogP contribution in [0.15, 0.2) is 0 Å². The Hall–Kier alpha value is -1.07. The van der Waals surface area contributed by atoms with Crippen LogP contribution < -0.4 is 5.32 Å². The van der Waals surface area contributed by atoms with E-state index in [0.717, 1.165) is 25.9 Å². The van der Waals surface area contributed by atoms with Gasteiger partial charge in [-0.05, 0) is 39.9 Å². The standard InChI is InChI=1S/C12H19ClN4O/c1-8-10(13)11(17(3)15-8)12(18)14-9-4-6-16(2)7-5-9/h9H,4-7H2,1-3H3,(H,14,18). The summed E-state index contributed by atoms with van der Waals surface area (Å²) in [5.74, 6) is -0.127. The number of nitrogens with one attached hydrogen (secondary N) is 1. The van der Waals surface area contributed by atoms with Gasteiger partial charge >= 0.3 is 0 Å². The molecule has 100 valence electrons. The van der Waals surface area contributed by atoms with Gasteiger partial charge in [0.05, 0.1) is 10.7 Å². The second-order valence-corrected chi connectivity index (χ2v) is 5.30. The lowest BCUT2D eigenvalue weighted by atomic mass is 10.1. The molecule has 1 aromatic heterocycles. The zero-order valence-corrected chi connectivity index (χ0v) is 11.8. The normalized spacial score (nSPS) is 18.0. The van der Waals surface area contributed by atoms with E-state index in [2.05, 4.69) is 22.4 Å². The average Bonchev–Trinajstić information content (AvgIpc) is 2.56. The highest BCUT2D eigenvalue weighted by Crippen LogP contribution is 2.19. The SMILES string of the molecule is Cc1nn(C)c(C(=O)NC2CCN(C)CC2)c1Cl. The van der Waals surface area contributed by atoms with Crippen LogP contribution in [0.5, 0.6) is 0 Å². The van der Waals surface area contributed by atoms with Crippen molar-refractivity contribution < 1.29 is 4.79 Å². The van der Waals surface area contributed by atoms with Crippen LogP contribution in [-0.4, -0.2) is 46.8 Å². The summed E-state index contributed by atoms with van der Waals surface area (Å²) in [7, 11) is 3.84. The molecular weight excluding hydrogens is 252 g/mol. The van der Waals surface area contributed by atoms with Gasteiger partial charge in [0.15, 0.2) is 0 Å². The molecular formula is C12H19ClN4O. The van der Waals surface area contributed by atoms with Crippen LogP contribution in [0.1, 0.15) is 29.0 Å². The van der Waals surface area contributed by atoms with Crippen LogP contribution in [0.2, 0.25) is 5.02 Å². The molecule has 1 amide bonds. The van der Waals surface area contributed by atoms with Crippen LogP contribution in [0.3, 0.4) is 0 Å². The van der Waals surface area contributed by atoms with Crippen LogP contribution in [0, 0.1) is 6.92 Å². The molecule has 0 aromatic carbocycles. The predicted molar refractivity (Wildman–Crippen MR) is 70.9 cm³/mol. The minimum absolute atomic E-state index is 0.127. The molecule has 1 fully saturated rings. The Labute approximate surface area is 112 Å². The maximum absolute atomic E-state index is 12.2. The molecule has 2 rings (SSSR count). The quantitative estimate of drug-likeness (QED) is 0.879. The van der Waals surface area contributed by atoms with Gasteiger partial charge < -0.3 is 10.2 Å². The molecule has 2 heterocycles. The average molecular weight is 271 g/mol. The van der Waals surface area contributed by atoms with Crippen molar-refractivity contribution >= 4 is 17.5 Å². The predicted octanol–water partition coefficient (Wildman–Crippen LogP) is 1.21. The van der Waals surface area contributed by atoms with Crippen LogP contribution in [0.25, 0.3) is 0 Å². The summed E-state index contributed by atoms with van der Waals surface area (Å²) in [4.78, 5) is 14.4. The topological polar surface area (TPSA) is 50.2 Å². The number of piperidine rings is 1. The van der Waals surface area contributed by atoms with Crippen molar-refractivity contribution in [2.24, 2.45) is 7.05 Å². The highest BCUT2D eigenvalue weighted by Gasteiger charge is 2.23. The summed E-state index contributed by atoms with van der Waals surface area (Å²) in [5.41, 5.74) is 1.14. The first kappa shape index (κ1) is 13.4. The highest BCUT2D eigenvalue weighted by molar-refractivity contribution is 6.34. The van der Waals surface area contributed by atoms with E-state index in [1.807, 2.05) is 0 Å². The maximum atomic E-state index is 12.2. The van der Waals surface area contributed by atoms with Crippen LogP contribution >= 0.6 is 11.6 Å². The number of carbonyl (C=O) groups is 1.